The molecule has 1 saturated carbocycles. The van der Waals surface area contributed by atoms with Crippen LogP contribution in [0.15, 0.2) is 39.8 Å². The zero-order chi connectivity index (χ0) is 20.4. The summed E-state index contributed by atoms with van der Waals surface area (Å²) in [4.78, 5) is 29.5. The number of benzene rings is 1. The molecule has 3 aromatic rings. The molecule has 2 aromatic heterocycles. The van der Waals surface area contributed by atoms with Gasteiger partial charge in [-0.05, 0) is 37.5 Å². The van der Waals surface area contributed by atoms with Crippen molar-refractivity contribution in [3.63, 3.8) is 0 Å². The van der Waals surface area contributed by atoms with E-state index in [9.17, 15) is 9.59 Å². The summed E-state index contributed by atoms with van der Waals surface area (Å²) in [6.45, 7) is 2.18. The highest BCUT2D eigenvalue weighted by molar-refractivity contribution is 6.12. The van der Waals surface area contributed by atoms with Gasteiger partial charge in [0.05, 0.1) is 18.3 Å². The summed E-state index contributed by atoms with van der Waals surface area (Å²) in [5.41, 5.74) is 1.73. The molecule has 1 aromatic carbocycles. The molecule has 4 rings (SSSR count). The summed E-state index contributed by atoms with van der Waals surface area (Å²) < 4.78 is 12.9. The Kier molecular flexibility index (Phi) is 5.49. The third-order valence-corrected chi connectivity index (χ3v) is 5.40. The van der Waals surface area contributed by atoms with Crippen molar-refractivity contribution in [2.45, 2.75) is 51.7 Å². The first kappa shape index (κ1) is 19.4. The molecule has 0 atom stereocenters. The van der Waals surface area contributed by atoms with Gasteiger partial charge in [0.2, 0.25) is 5.71 Å². The van der Waals surface area contributed by atoms with Crippen LogP contribution < -0.4 is 10.9 Å². The third kappa shape index (κ3) is 4.10. The second-order valence-electron chi connectivity index (χ2n) is 7.60. The van der Waals surface area contributed by atoms with Crippen LogP contribution in [0.25, 0.3) is 11.1 Å². The smallest absolute Gasteiger partial charge is 0.265 e. The monoisotopic (exact) mass is 395 g/mol. The normalized spacial score (nSPS) is 15.0. The quantitative estimate of drug-likeness (QED) is 0.707. The molecule has 1 amide bonds. The second-order valence-corrected chi connectivity index (χ2v) is 7.60. The molecule has 7 nitrogen and oxygen atoms in total. The highest BCUT2D eigenvalue weighted by Crippen LogP contribution is 2.24. The maximum absolute atomic E-state index is 12.9. The average Bonchev–Trinajstić information content (AvgIpc) is 3.07. The Balaban J connectivity index is 1.52. The highest BCUT2D eigenvalue weighted by atomic mass is 16.5. The Morgan fingerprint density at radius 2 is 2.10 bits per heavy atom. The van der Waals surface area contributed by atoms with Crippen LogP contribution in [0, 0.1) is 6.92 Å². The number of carbonyl (C=O) groups is 1. The first-order chi connectivity index (χ1) is 14.0. The van der Waals surface area contributed by atoms with E-state index < -0.39 is 5.91 Å². The highest BCUT2D eigenvalue weighted by Gasteiger charge is 2.22. The van der Waals surface area contributed by atoms with E-state index in [4.69, 9.17) is 9.15 Å². The standard InChI is InChI=1S/C22H25N3O4/c1-14-18(19-21(29-14)23-13-25(2)22(19)27)20(26)24-16-8-6-7-15(11-16)12-28-17-9-4-3-5-10-17/h6-8,11,13,17H,3-5,9-10,12H2,1-2H3,(H,24,26). The Bertz CT molecular complexity index is 1090. The van der Waals surface area contributed by atoms with Crippen molar-refractivity contribution < 1.29 is 13.9 Å². The number of aryl methyl sites for hydroxylation is 2. The molecule has 1 fully saturated rings. The van der Waals surface area contributed by atoms with Crippen LogP contribution in [0.1, 0.15) is 53.8 Å². The minimum Gasteiger partial charge on any atom is -0.442 e. The number of hydrogen-bond acceptors (Lipinski definition) is 5. The maximum Gasteiger partial charge on any atom is 0.265 e. The lowest BCUT2D eigenvalue weighted by Gasteiger charge is -2.22. The minimum atomic E-state index is -0.392. The first-order valence-electron chi connectivity index (χ1n) is 9.99. The number of anilines is 1. The largest absolute Gasteiger partial charge is 0.442 e. The predicted octanol–water partition coefficient (Wildman–Crippen LogP) is 3.94. The van der Waals surface area contributed by atoms with E-state index in [0.717, 1.165) is 18.4 Å². The zero-order valence-corrected chi connectivity index (χ0v) is 16.7. The average molecular weight is 395 g/mol. The van der Waals surface area contributed by atoms with Crippen molar-refractivity contribution in [3.8, 4) is 0 Å². The molecule has 1 aliphatic carbocycles. The van der Waals surface area contributed by atoms with Crippen LogP contribution in [-0.4, -0.2) is 21.6 Å². The Morgan fingerprint density at radius 3 is 2.90 bits per heavy atom. The van der Waals surface area contributed by atoms with Gasteiger partial charge in [0.1, 0.15) is 17.5 Å². The van der Waals surface area contributed by atoms with Crippen LogP contribution >= 0.6 is 0 Å². The molecule has 29 heavy (non-hydrogen) atoms. The molecule has 1 aliphatic rings. The van der Waals surface area contributed by atoms with Gasteiger partial charge in [-0.3, -0.25) is 9.59 Å². The summed E-state index contributed by atoms with van der Waals surface area (Å²) >= 11 is 0. The van der Waals surface area contributed by atoms with Crippen molar-refractivity contribution in [2.75, 3.05) is 5.32 Å². The Morgan fingerprint density at radius 1 is 1.31 bits per heavy atom. The van der Waals surface area contributed by atoms with Gasteiger partial charge in [0.15, 0.2) is 0 Å². The number of hydrogen-bond donors (Lipinski definition) is 1. The fourth-order valence-corrected chi connectivity index (χ4v) is 3.84. The topological polar surface area (TPSA) is 86.4 Å². The van der Waals surface area contributed by atoms with E-state index in [1.807, 2.05) is 24.3 Å². The van der Waals surface area contributed by atoms with E-state index in [-0.39, 0.29) is 22.2 Å². The number of ether oxygens (including phenoxy) is 1. The molecular formula is C22H25N3O4. The van der Waals surface area contributed by atoms with Crippen LogP contribution in [-0.2, 0) is 18.4 Å². The molecule has 0 aliphatic heterocycles. The number of fused-ring (bicyclic) bond motifs is 1. The van der Waals surface area contributed by atoms with Gasteiger partial charge in [-0.1, -0.05) is 31.4 Å². The Hall–Kier alpha value is -2.93. The number of nitrogens with zero attached hydrogens (tertiary/aromatic N) is 2. The van der Waals surface area contributed by atoms with E-state index in [2.05, 4.69) is 10.3 Å². The van der Waals surface area contributed by atoms with Gasteiger partial charge >= 0.3 is 0 Å². The van der Waals surface area contributed by atoms with Gasteiger partial charge in [0.25, 0.3) is 11.5 Å². The van der Waals surface area contributed by atoms with Crippen LogP contribution in [0.2, 0.25) is 0 Å². The molecule has 2 heterocycles. The molecule has 0 radical (unpaired) electrons. The van der Waals surface area contributed by atoms with Gasteiger partial charge in [-0.2, -0.15) is 0 Å². The van der Waals surface area contributed by atoms with Gasteiger partial charge < -0.3 is 19.0 Å². The van der Waals surface area contributed by atoms with E-state index in [1.54, 1.807) is 14.0 Å². The maximum atomic E-state index is 12.9. The van der Waals surface area contributed by atoms with Gasteiger partial charge in [0, 0.05) is 12.7 Å². The summed E-state index contributed by atoms with van der Waals surface area (Å²) in [6, 6.07) is 7.58. The number of furan rings is 1. The lowest BCUT2D eigenvalue weighted by Crippen LogP contribution is -2.20. The molecule has 1 N–H and O–H groups in total. The van der Waals surface area contributed by atoms with Crippen LogP contribution in [0.3, 0.4) is 0 Å². The van der Waals surface area contributed by atoms with Crippen molar-refractivity contribution in [2.24, 2.45) is 7.05 Å². The minimum absolute atomic E-state index is 0.172. The summed E-state index contributed by atoms with van der Waals surface area (Å²) in [5, 5.41) is 3.07. The molecule has 0 spiro atoms. The zero-order valence-electron chi connectivity index (χ0n) is 16.7. The van der Waals surface area contributed by atoms with Gasteiger partial charge in [-0.25, -0.2) is 4.98 Å². The fourth-order valence-electron chi connectivity index (χ4n) is 3.84. The summed E-state index contributed by atoms with van der Waals surface area (Å²) in [7, 11) is 1.59. The molecule has 152 valence electrons. The van der Waals surface area contributed by atoms with Crippen LogP contribution in [0.5, 0.6) is 0 Å². The number of nitrogens with one attached hydrogen (secondary N) is 1. The lowest BCUT2D eigenvalue weighted by molar-refractivity contribution is 0.0169. The Labute approximate surface area is 168 Å². The van der Waals surface area contributed by atoms with Gasteiger partial charge in [-0.15, -0.1) is 0 Å². The number of amides is 1. The lowest BCUT2D eigenvalue weighted by atomic mass is 9.98. The molecule has 0 bridgehead atoms. The van der Waals surface area contributed by atoms with Crippen molar-refractivity contribution in [1.29, 1.82) is 0 Å². The predicted molar refractivity (Wildman–Crippen MR) is 110 cm³/mol. The van der Waals surface area contributed by atoms with Crippen LogP contribution in [0.4, 0.5) is 5.69 Å². The van der Waals surface area contributed by atoms with E-state index >= 15 is 0 Å². The fraction of sp³-hybridized carbons (Fsp3) is 0.409. The number of carbonyl (C=O) groups excluding carboxylic acids is 1. The summed E-state index contributed by atoms with van der Waals surface area (Å²) in [5.74, 6) is -0.0261. The SMILES string of the molecule is Cc1oc2ncn(C)c(=O)c2c1C(=O)Nc1cccc(COC2CCCCC2)c1. The summed E-state index contributed by atoms with van der Waals surface area (Å²) in [6.07, 6.45) is 7.69. The van der Waals surface area contributed by atoms with Crippen molar-refractivity contribution in [1.82, 2.24) is 9.55 Å². The van der Waals surface area contributed by atoms with E-state index in [1.165, 1.54) is 30.2 Å². The first-order valence-corrected chi connectivity index (χ1v) is 9.99. The number of aromatic nitrogens is 2. The third-order valence-electron chi connectivity index (χ3n) is 5.40. The van der Waals surface area contributed by atoms with Crippen molar-refractivity contribution in [3.05, 3.63) is 57.8 Å². The molecule has 7 heteroatoms. The molecular weight excluding hydrogens is 370 g/mol. The van der Waals surface area contributed by atoms with Crippen molar-refractivity contribution >= 4 is 22.7 Å². The molecule has 0 saturated heterocycles. The number of rotatable bonds is 5. The van der Waals surface area contributed by atoms with E-state index in [0.29, 0.717) is 24.2 Å². The molecule has 0 unspecified atom stereocenters. The second kappa shape index (κ2) is 8.21.